The van der Waals surface area contributed by atoms with E-state index in [0.717, 1.165) is 0 Å². The summed E-state index contributed by atoms with van der Waals surface area (Å²) in [6, 6.07) is 6.30. The van der Waals surface area contributed by atoms with E-state index in [-0.39, 0.29) is 12.2 Å². The molecule has 0 heterocycles. The lowest BCUT2D eigenvalue weighted by Gasteiger charge is -1.99. The minimum absolute atomic E-state index is 0.238. The zero-order valence-corrected chi connectivity index (χ0v) is 6.96. The van der Waals surface area contributed by atoms with Crippen molar-refractivity contribution >= 4 is 6.08 Å². The normalized spacial score (nSPS) is 9.00. The zero-order chi connectivity index (χ0) is 9.68. The summed E-state index contributed by atoms with van der Waals surface area (Å²) in [5, 5.41) is 0. The minimum atomic E-state index is -0.315. The van der Waals surface area contributed by atoms with Gasteiger partial charge in [0, 0.05) is 6.42 Å². The van der Waals surface area contributed by atoms with Crippen molar-refractivity contribution in [3.63, 3.8) is 0 Å². The van der Waals surface area contributed by atoms with Gasteiger partial charge in [-0.25, -0.2) is 9.18 Å². The van der Waals surface area contributed by atoms with E-state index < -0.39 is 0 Å². The third kappa shape index (κ3) is 2.65. The summed E-state index contributed by atoms with van der Waals surface area (Å²) in [7, 11) is 0. The molecule has 0 aliphatic heterocycles. The smallest absolute Gasteiger partial charge is 0.211 e. The van der Waals surface area contributed by atoms with Gasteiger partial charge in [-0.05, 0) is 11.6 Å². The minimum Gasteiger partial charge on any atom is -0.211 e. The summed E-state index contributed by atoms with van der Waals surface area (Å²) in [6.45, 7) is 3.48. The number of isocyanates is 1. The molecule has 1 aromatic rings. The fourth-order valence-electron chi connectivity index (χ4n) is 0.966. The molecule has 0 radical (unpaired) electrons. The Balaban J connectivity index is 2.80. The molecule has 1 aromatic carbocycles. The van der Waals surface area contributed by atoms with Crippen LogP contribution in [0.15, 0.2) is 41.5 Å². The Morgan fingerprint density at radius 2 is 2.23 bits per heavy atom. The molecule has 1 rings (SSSR count). The first-order chi connectivity index (χ1) is 6.24. The summed E-state index contributed by atoms with van der Waals surface area (Å²) in [5.74, 6) is -0.315. The summed E-state index contributed by atoms with van der Waals surface area (Å²) < 4.78 is 13.0. The van der Waals surface area contributed by atoms with Crippen molar-refractivity contribution in [2.24, 2.45) is 4.99 Å². The van der Waals surface area contributed by atoms with Gasteiger partial charge in [-0.2, -0.15) is 4.99 Å². The van der Waals surface area contributed by atoms with Crippen molar-refractivity contribution < 1.29 is 9.18 Å². The lowest BCUT2D eigenvalue weighted by atomic mass is 10.1. The average Bonchev–Trinajstić information content (AvgIpc) is 2.09. The summed E-state index contributed by atoms with van der Waals surface area (Å²) >= 11 is 0. The number of nitrogens with zero attached hydrogens (tertiary/aromatic N) is 1. The Morgan fingerprint density at radius 3 is 2.85 bits per heavy atom. The molecule has 13 heavy (non-hydrogen) atoms. The van der Waals surface area contributed by atoms with Crippen LogP contribution < -0.4 is 0 Å². The molecule has 3 heteroatoms. The van der Waals surface area contributed by atoms with Crippen LogP contribution in [-0.4, -0.2) is 6.08 Å². The molecule has 2 nitrogen and oxygen atoms in total. The van der Waals surface area contributed by atoms with Gasteiger partial charge in [0.05, 0.1) is 5.70 Å². The van der Waals surface area contributed by atoms with Crippen LogP contribution in [0.5, 0.6) is 0 Å². The molecule has 66 valence electrons. The van der Waals surface area contributed by atoms with Crippen LogP contribution in [0.4, 0.5) is 4.39 Å². The maximum Gasteiger partial charge on any atom is 0.240 e. The molecule has 0 aliphatic carbocycles. The van der Waals surface area contributed by atoms with Gasteiger partial charge >= 0.3 is 0 Å². The number of hydrogen-bond donors (Lipinski definition) is 0. The average molecular weight is 177 g/mol. The van der Waals surface area contributed by atoms with Crippen LogP contribution in [0.25, 0.3) is 0 Å². The van der Waals surface area contributed by atoms with Gasteiger partial charge in [0.15, 0.2) is 0 Å². The van der Waals surface area contributed by atoms with E-state index in [1.165, 1.54) is 12.1 Å². The van der Waals surface area contributed by atoms with Gasteiger partial charge in [0.1, 0.15) is 5.82 Å². The molecule has 0 aromatic heterocycles. The van der Waals surface area contributed by atoms with Crippen molar-refractivity contribution in [3.8, 4) is 0 Å². The third-order valence-electron chi connectivity index (χ3n) is 1.56. The molecule has 0 N–H and O–H groups in total. The van der Waals surface area contributed by atoms with Crippen molar-refractivity contribution in [3.05, 3.63) is 47.9 Å². The molecule has 0 saturated carbocycles. The zero-order valence-electron chi connectivity index (χ0n) is 6.96. The summed E-state index contributed by atoms with van der Waals surface area (Å²) in [6.07, 6.45) is 1.60. The van der Waals surface area contributed by atoms with Crippen LogP contribution in [0, 0.1) is 5.82 Å². The molecular formula is C10H8FNO. The fourth-order valence-corrected chi connectivity index (χ4v) is 0.966. The molecule has 0 spiro atoms. The molecule has 0 aliphatic rings. The lowest BCUT2D eigenvalue weighted by molar-refractivity contribution is 0.564. The van der Waals surface area contributed by atoms with E-state index in [2.05, 4.69) is 11.6 Å². The quantitative estimate of drug-likeness (QED) is 0.514. The van der Waals surface area contributed by atoms with Gasteiger partial charge in [0.2, 0.25) is 6.08 Å². The second-order valence-electron chi connectivity index (χ2n) is 2.54. The SMILES string of the molecule is C=C(Cc1ccccc1F)N=C=O. The van der Waals surface area contributed by atoms with Crippen LogP contribution in [-0.2, 0) is 11.2 Å². The third-order valence-corrected chi connectivity index (χ3v) is 1.56. The molecule has 0 saturated heterocycles. The molecule has 0 atom stereocenters. The monoisotopic (exact) mass is 177 g/mol. The number of rotatable bonds is 3. The van der Waals surface area contributed by atoms with Gasteiger partial charge in [-0.3, -0.25) is 0 Å². The second kappa shape index (κ2) is 4.33. The first-order valence-corrected chi connectivity index (χ1v) is 3.73. The molecular weight excluding hydrogens is 169 g/mol. The fraction of sp³-hybridized carbons (Fsp3) is 0.100. The van der Waals surface area contributed by atoms with Crippen LogP contribution in [0.1, 0.15) is 5.56 Å². The lowest BCUT2D eigenvalue weighted by Crippen LogP contribution is -1.90. The predicted octanol–water partition coefficient (Wildman–Crippen LogP) is 2.22. The van der Waals surface area contributed by atoms with Gasteiger partial charge < -0.3 is 0 Å². The van der Waals surface area contributed by atoms with Crippen molar-refractivity contribution in [1.29, 1.82) is 0 Å². The topological polar surface area (TPSA) is 29.4 Å². The van der Waals surface area contributed by atoms with E-state index >= 15 is 0 Å². The largest absolute Gasteiger partial charge is 0.240 e. The highest BCUT2D eigenvalue weighted by Gasteiger charge is 2.01. The highest BCUT2D eigenvalue weighted by molar-refractivity contribution is 5.37. The maximum absolute atomic E-state index is 13.0. The van der Waals surface area contributed by atoms with Crippen molar-refractivity contribution in [1.82, 2.24) is 0 Å². The van der Waals surface area contributed by atoms with Gasteiger partial charge in [0.25, 0.3) is 0 Å². The van der Waals surface area contributed by atoms with Crippen LogP contribution >= 0.6 is 0 Å². The Hall–Kier alpha value is -1.73. The van der Waals surface area contributed by atoms with E-state index in [4.69, 9.17) is 0 Å². The Kier molecular flexibility index (Phi) is 3.12. The van der Waals surface area contributed by atoms with Gasteiger partial charge in [-0.15, -0.1) is 0 Å². The number of benzene rings is 1. The number of halogens is 1. The highest BCUT2D eigenvalue weighted by Crippen LogP contribution is 2.11. The Labute approximate surface area is 75.4 Å². The van der Waals surface area contributed by atoms with Crippen LogP contribution in [0.3, 0.4) is 0 Å². The highest BCUT2D eigenvalue weighted by atomic mass is 19.1. The first-order valence-electron chi connectivity index (χ1n) is 3.73. The van der Waals surface area contributed by atoms with Crippen molar-refractivity contribution in [2.45, 2.75) is 6.42 Å². The van der Waals surface area contributed by atoms with E-state index in [0.29, 0.717) is 11.3 Å². The molecule has 0 amide bonds. The Bertz CT molecular complexity index is 367. The van der Waals surface area contributed by atoms with E-state index in [9.17, 15) is 9.18 Å². The predicted molar refractivity (Wildman–Crippen MR) is 47.4 cm³/mol. The standard InChI is InChI=1S/C10H8FNO/c1-8(12-7-13)6-9-4-2-3-5-10(9)11/h2-5H,1,6H2. The van der Waals surface area contributed by atoms with Crippen LogP contribution in [0.2, 0.25) is 0 Å². The summed E-state index contributed by atoms with van der Waals surface area (Å²) in [4.78, 5) is 13.1. The Morgan fingerprint density at radius 1 is 1.54 bits per heavy atom. The van der Waals surface area contributed by atoms with E-state index in [1.807, 2.05) is 0 Å². The number of aliphatic imine (C=N–C) groups is 1. The number of hydrogen-bond acceptors (Lipinski definition) is 2. The first kappa shape index (κ1) is 9.36. The molecule has 0 fully saturated rings. The van der Waals surface area contributed by atoms with Gasteiger partial charge in [-0.1, -0.05) is 24.8 Å². The molecule has 0 unspecified atom stereocenters. The molecule has 0 bridgehead atoms. The van der Waals surface area contributed by atoms with Crippen molar-refractivity contribution in [2.75, 3.05) is 0 Å². The maximum atomic E-state index is 13.0. The summed E-state index contributed by atoms with van der Waals surface area (Å²) in [5.41, 5.74) is 0.784. The van der Waals surface area contributed by atoms with E-state index in [1.54, 1.807) is 18.2 Å². The number of allylic oxidation sites excluding steroid dienone is 1. The second-order valence-corrected chi connectivity index (χ2v) is 2.54. The number of carbonyl (C=O) groups excluding carboxylic acids is 1.